The van der Waals surface area contributed by atoms with Crippen LogP contribution in [-0.4, -0.2) is 10.7 Å². The maximum Gasteiger partial charge on any atom is 0.0977 e. The molecule has 2 aliphatic carbocycles. The van der Waals surface area contributed by atoms with Crippen molar-refractivity contribution in [3.63, 3.8) is 0 Å². The fourth-order valence-electron chi connectivity index (χ4n) is 3.51. The number of fused-ring (bicyclic) bond motifs is 2. The first kappa shape index (κ1) is 11.1. The topological polar surface area (TPSA) is 33.4 Å². The summed E-state index contributed by atoms with van der Waals surface area (Å²) in [6, 6.07) is 0. The third kappa shape index (κ3) is 1.75. The molecule has 0 aliphatic heterocycles. The van der Waals surface area contributed by atoms with Gasteiger partial charge in [-0.05, 0) is 25.2 Å². The lowest BCUT2D eigenvalue weighted by Crippen LogP contribution is -2.36. The van der Waals surface area contributed by atoms with Crippen LogP contribution >= 0.6 is 0 Å². The van der Waals surface area contributed by atoms with Crippen LogP contribution in [0.3, 0.4) is 0 Å². The van der Waals surface area contributed by atoms with Gasteiger partial charge in [0.05, 0.1) is 18.1 Å². The number of rotatable bonds is 0. The van der Waals surface area contributed by atoms with Crippen molar-refractivity contribution in [1.82, 2.24) is 0 Å². The molecule has 17 heavy (non-hydrogen) atoms. The summed E-state index contributed by atoms with van der Waals surface area (Å²) >= 11 is 0. The molecule has 1 fully saturated rings. The molecule has 0 unspecified atom stereocenters. The summed E-state index contributed by atoms with van der Waals surface area (Å²) in [7, 11) is 0. The summed E-state index contributed by atoms with van der Waals surface area (Å²) in [6.07, 6.45) is 8.66. The van der Waals surface area contributed by atoms with Gasteiger partial charge in [0, 0.05) is 23.5 Å². The highest BCUT2D eigenvalue weighted by Crippen LogP contribution is 2.51. The maximum absolute atomic E-state index is 10.7. The maximum atomic E-state index is 10.7. The first-order valence-corrected chi connectivity index (χ1v) is 6.35. The quantitative estimate of drug-likeness (QED) is 0.743. The molecular weight excluding hydrogens is 212 g/mol. The van der Waals surface area contributed by atoms with Crippen molar-refractivity contribution in [2.75, 3.05) is 0 Å². The first-order chi connectivity index (χ1) is 7.87. The minimum atomic E-state index is -0.644. The minimum Gasteiger partial charge on any atom is -0.472 e. The van der Waals surface area contributed by atoms with Crippen LogP contribution in [-0.2, 0) is 6.42 Å². The van der Waals surface area contributed by atoms with Gasteiger partial charge in [0.15, 0.2) is 0 Å². The average molecular weight is 232 g/mol. The van der Waals surface area contributed by atoms with Gasteiger partial charge in [-0.25, -0.2) is 0 Å². The second-order valence-electron chi connectivity index (χ2n) is 6.70. The number of hydrogen-bond donors (Lipinski definition) is 1. The molecule has 1 saturated carbocycles. The minimum absolute atomic E-state index is 0.296. The molecule has 2 heteroatoms. The Morgan fingerprint density at radius 3 is 2.76 bits per heavy atom. The molecule has 2 aliphatic rings. The van der Waals surface area contributed by atoms with Crippen LogP contribution in [0.25, 0.3) is 6.08 Å². The predicted molar refractivity (Wildman–Crippen MR) is 67.5 cm³/mol. The Hall–Kier alpha value is -1.02. The molecular formula is C15H20O2. The second-order valence-corrected chi connectivity index (χ2v) is 6.70. The molecule has 2 nitrogen and oxygen atoms in total. The van der Waals surface area contributed by atoms with E-state index in [-0.39, 0.29) is 0 Å². The SMILES string of the molecule is CC1(C)CC2=Cc3cocc3C[C@](C)(O)[C@H]2C1. The van der Waals surface area contributed by atoms with Crippen molar-refractivity contribution in [1.29, 1.82) is 0 Å². The monoisotopic (exact) mass is 232 g/mol. The van der Waals surface area contributed by atoms with Crippen LogP contribution in [0.5, 0.6) is 0 Å². The van der Waals surface area contributed by atoms with Crippen LogP contribution in [0.4, 0.5) is 0 Å². The number of furan rings is 1. The van der Waals surface area contributed by atoms with Crippen LogP contribution in [0.2, 0.25) is 0 Å². The van der Waals surface area contributed by atoms with E-state index in [1.54, 1.807) is 12.5 Å². The summed E-state index contributed by atoms with van der Waals surface area (Å²) in [6.45, 7) is 6.54. The molecule has 0 bridgehead atoms. The molecule has 0 saturated heterocycles. The summed E-state index contributed by atoms with van der Waals surface area (Å²) in [4.78, 5) is 0. The van der Waals surface area contributed by atoms with Crippen LogP contribution in [0, 0.1) is 11.3 Å². The summed E-state index contributed by atoms with van der Waals surface area (Å²) in [5.74, 6) is 0.296. The first-order valence-electron chi connectivity index (χ1n) is 6.35. The fraction of sp³-hybridized carbons (Fsp3) is 0.600. The zero-order valence-electron chi connectivity index (χ0n) is 10.8. The standard InChI is InChI=1S/C15H20O2/c1-14(2)5-10-4-11-8-17-9-12(11)6-15(3,16)13(10)7-14/h4,8-9,13,16H,5-7H2,1-3H3/t13-,15-/m0/s1. The lowest BCUT2D eigenvalue weighted by molar-refractivity contribution is 0.0114. The molecule has 1 heterocycles. The highest BCUT2D eigenvalue weighted by atomic mass is 16.3. The van der Waals surface area contributed by atoms with E-state index in [9.17, 15) is 5.11 Å². The highest BCUT2D eigenvalue weighted by molar-refractivity contribution is 5.59. The molecule has 2 atom stereocenters. The van der Waals surface area contributed by atoms with Crippen LogP contribution in [0.1, 0.15) is 44.7 Å². The van der Waals surface area contributed by atoms with E-state index >= 15 is 0 Å². The van der Waals surface area contributed by atoms with Crippen molar-refractivity contribution in [2.45, 2.75) is 45.6 Å². The molecule has 1 aromatic heterocycles. The summed E-state index contributed by atoms with van der Waals surface area (Å²) < 4.78 is 5.26. The molecule has 1 aromatic rings. The Balaban J connectivity index is 2.10. The Labute approximate surface area is 102 Å². The van der Waals surface area contributed by atoms with Gasteiger partial charge in [-0.1, -0.05) is 25.5 Å². The van der Waals surface area contributed by atoms with Crippen molar-refractivity contribution >= 4 is 6.08 Å². The van der Waals surface area contributed by atoms with Gasteiger partial charge in [0.2, 0.25) is 0 Å². The predicted octanol–water partition coefficient (Wildman–Crippen LogP) is 3.41. The third-order valence-corrected chi connectivity index (χ3v) is 4.30. The lowest BCUT2D eigenvalue weighted by Gasteiger charge is -2.30. The zero-order valence-corrected chi connectivity index (χ0v) is 10.8. The van der Waals surface area contributed by atoms with E-state index < -0.39 is 5.60 Å². The third-order valence-electron chi connectivity index (χ3n) is 4.30. The van der Waals surface area contributed by atoms with Gasteiger partial charge in [-0.3, -0.25) is 0 Å². The van der Waals surface area contributed by atoms with Gasteiger partial charge in [0.25, 0.3) is 0 Å². The normalized spacial score (nSPS) is 34.8. The average Bonchev–Trinajstić information content (AvgIpc) is 2.69. The van der Waals surface area contributed by atoms with Crippen LogP contribution < -0.4 is 0 Å². The second kappa shape index (κ2) is 3.26. The van der Waals surface area contributed by atoms with Crippen molar-refractivity contribution in [2.24, 2.45) is 11.3 Å². The van der Waals surface area contributed by atoms with Crippen molar-refractivity contribution < 1.29 is 9.52 Å². The van der Waals surface area contributed by atoms with E-state index in [0.717, 1.165) is 24.0 Å². The van der Waals surface area contributed by atoms with E-state index in [1.165, 1.54) is 5.57 Å². The molecule has 0 spiro atoms. The Morgan fingerprint density at radius 2 is 2.00 bits per heavy atom. The smallest absolute Gasteiger partial charge is 0.0977 e. The van der Waals surface area contributed by atoms with E-state index in [4.69, 9.17) is 4.42 Å². The highest BCUT2D eigenvalue weighted by Gasteiger charge is 2.45. The van der Waals surface area contributed by atoms with Crippen molar-refractivity contribution in [3.8, 4) is 0 Å². The molecule has 0 aromatic carbocycles. The van der Waals surface area contributed by atoms with Gasteiger partial charge in [-0.2, -0.15) is 0 Å². The summed E-state index contributed by atoms with van der Waals surface area (Å²) in [5, 5.41) is 10.7. The fourth-order valence-corrected chi connectivity index (χ4v) is 3.51. The van der Waals surface area contributed by atoms with Gasteiger partial charge >= 0.3 is 0 Å². The summed E-state index contributed by atoms with van der Waals surface area (Å²) in [5.41, 5.74) is 3.34. The molecule has 0 amide bonds. The number of aliphatic hydroxyl groups is 1. The van der Waals surface area contributed by atoms with Gasteiger partial charge < -0.3 is 9.52 Å². The van der Waals surface area contributed by atoms with Gasteiger partial charge in [-0.15, -0.1) is 0 Å². The Kier molecular flexibility index (Phi) is 2.13. The Morgan fingerprint density at radius 1 is 1.24 bits per heavy atom. The van der Waals surface area contributed by atoms with Crippen LogP contribution in [0.15, 0.2) is 22.5 Å². The van der Waals surface area contributed by atoms with E-state index in [0.29, 0.717) is 17.8 Å². The molecule has 0 radical (unpaired) electrons. The molecule has 1 N–H and O–H groups in total. The van der Waals surface area contributed by atoms with E-state index in [1.807, 2.05) is 6.92 Å². The lowest BCUT2D eigenvalue weighted by atomic mass is 9.80. The molecule has 92 valence electrons. The van der Waals surface area contributed by atoms with E-state index in [2.05, 4.69) is 19.9 Å². The number of hydrogen-bond acceptors (Lipinski definition) is 2. The van der Waals surface area contributed by atoms with Gasteiger partial charge in [0.1, 0.15) is 0 Å². The van der Waals surface area contributed by atoms with Crippen molar-refractivity contribution in [3.05, 3.63) is 29.2 Å². The largest absolute Gasteiger partial charge is 0.472 e. The molecule has 3 rings (SSSR count). The zero-order chi connectivity index (χ0) is 12.3. The Bertz CT molecular complexity index is 477.